The van der Waals surface area contributed by atoms with Gasteiger partial charge in [-0.15, -0.1) is 0 Å². The highest BCUT2D eigenvalue weighted by molar-refractivity contribution is 5.16. The molecule has 0 radical (unpaired) electrons. The molecule has 2 aliphatic rings. The van der Waals surface area contributed by atoms with Gasteiger partial charge in [-0.25, -0.2) is 0 Å². The van der Waals surface area contributed by atoms with Crippen molar-refractivity contribution in [2.45, 2.75) is 44.3 Å². The number of ether oxygens (including phenoxy) is 2. The number of aromatic nitrogens is 1. The van der Waals surface area contributed by atoms with Crippen molar-refractivity contribution < 1.29 is 9.47 Å². The van der Waals surface area contributed by atoms with Gasteiger partial charge in [-0.3, -0.25) is 4.98 Å². The second kappa shape index (κ2) is 6.10. The largest absolute Gasteiger partial charge is 0.486 e. The van der Waals surface area contributed by atoms with E-state index in [-0.39, 0.29) is 11.7 Å². The van der Waals surface area contributed by atoms with E-state index in [1.54, 1.807) is 12.4 Å². The van der Waals surface area contributed by atoms with Crippen molar-refractivity contribution in [3.05, 3.63) is 24.5 Å². The topological polar surface area (TPSA) is 34.6 Å². The highest BCUT2D eigenvalue weighted by Crippen LogP contribution is 2.37. The standard InChI is InChI=1S/C16H24N2O2/c1-2-8-18-9-5-16(6-10-18)11-15(13-19-16)20-14-4-3-7-17-12-14/h3-4,7,12,15H,2,5-6,8-11,13H2,1H3/t15-/m1/s1. The van der Waals surface area contributed by atoms with Crippen LogP contribution in [0.15, 0.2) is 24.5 Å². The van der Waals surface area contributed by atoms with Crippen LogP contribution in [0.25, 0.3) is 0 Å². The van der Waals surface area contributed by atoms with E-state index in [9.17, 15) is 0 Å². The Morgan fingerprint density at radius 2 is 2.30 bits per heavy atom. The van der Waals surface area contributed by atoms with E-state index in [1.165, 1.54) is 13.0 Å². The average Bonchev–Trinajstić information content (AvgIpc) is 2.86. The summed E-state index contributed by atoms with van der Waals surface area (Å²) < 4.78 is 12.1. The molecule has 3 heterocycles. The fourth-order valence-corrected chi connectivity index (χ4v) is 3.34. The van der Waals surface area contributed by atoms with Crippen LogP contribution in [0.2, 0.25) is 0 Å². The lowest BCUT2D eigenvalue weighted by atomic mass is 9.88. The maximum Gasteiger partial charge on any atom is 0.138 e. The summed E-state index contributed by atoms with van der Waals surface area (Å²) >= 11 is 0. The number of rotatable bonds is 4. The van der Waals surface area contributed by atoms with Crippen LogP contribution >= 0.6 is 0 Å². The Labute approximate surface area is 121 Å². The molecule has 0 saturated carbocycles. The van der Waals surface area contributed by atoms with Crippen molar-refractivity contribution in [2.75, 3.05) is 26.2 Å². The Morgan fingerprint density at radius 3 is 3.00 bits per heavy atom. The van der Waals surface area contributed by atoms with Gasteiger partial charge in [0, 0.05) is 25.7 Å². The van der Waals surface area contributed by atoms with Gasteiger partial charge in [0.25, 0.3) is 0 Å². The Hall–Kier alpha value is -1.13. The first-order chi connectivity index (χ1) is 9.80. The normalized spacial score (nSPS) is 25.9. The van der Waals surface area contributed by atoms with Crippen LogP contribution in [0.4, 0.5) is 0 Å². The molecule has 0 aliphatic carbocycles. The lowest BCUT2D eigenvalue weighted by Crippen LogP contribution is -2.44. The summed E-state index contributed by atoms with van der Waals surface area (Å²) in [5.41, 5.74) is 0.0666. The molecule has 1 aromatic heterocycles. The summed E-state index contributed by atoms with van der Waals surface area (Å²) in [5.74, 6) is 0.849. The number of hydrogen-bond donors (Lipinski definition) is 0. The minimum absolute atomic E-state index is 0.0666. The maximum absolute atomic E-state index is 6.12. The van der Waals surface area contributed by atoms with Crippen LogP contribution in [0.1, 0.15) is 32.6 Å². The lowest BCUT2D eigenvalue weighted by molar-refractivity contribution is -0.0439. The molecule has 0 aromatic carbocycles. The fourth-order valence-electron chi connectivity index (χ4n) is 3.34. The number of piperidine rings is 1. The summed E-state index contributed by atoms with van der Waals surface area (Å²) in [5, 5.41) is 0. The minimum Gasteiger partial charge on any atom is -0.486 e. The highest BCUT2D eigenvalue weighted by Gasteiger charge is 2.43. The molecule has 3 rings (SSSR count). The fraction of sp³-hybridized carbons (Fsp3) is 0.688. The van der Waals surface area contributed by atoms with Gasteiger partial charge in [-0.1, -0.05) is 6.92 Å². The van der Waals surface area contributed by atoms with Gasteiger partial charge in [-0.2, -0.15) is 0 Å². The molecule has 2 aliphatic heterocycles. The van der Waals surface area contributed by atoms with E-state index in [2.05, 4.69) is 16.8 Å². The Balaban J connectivity index is 1.52. The van der Waals surface area contributed by atoms with E-state index in [0.717, 1.165) is 38.1 Å². The summed E-state index contributed by atoms with van der Waals surface area (Å²) in [6.45, 7) is 6.49. The summed E-state index contributed by atoms with van der Waals surface area (Å²) in [6.07, 6.45) is 8.25. The molecule has 1 atom stereocenters. The van der Waals surface area contributed by atoms with E-state index in [0.29, 0.717) is 6.61 Å². The van der Waals surface area contributed by atoms with Gasteiger partial charge in [0.2, 0.25) is 0 Å². The quantitative estimate of drug-likeness (QED) is 0.846. The van der Waals surface area contributed by atoms with Crippen molar-refractivity contribution in [1.29, 1.82) is 0 Å². The van der Waals surface area contributed by atoms with E-state index in [1.807, 2.05) is 12.1 Å². The van der Waals surface area contributed by atoms with E-state index >= 15 is 0 Å². The molecule has 0 bridgehead atoms. The smallest absolute Gasteiger partial charge is 0.138 e. The molecule has 0 amide bonds. The zero-order chi connectivity index (χ0) is 13.8. The second-order valence-electron chi connectivity index (χ2n) is 5.97. The van der Waals surface area contributed by atoms with Gasteiger partial charge in [-0.05, 0) is 37.9 Å². The van der Waals surface area contributed by atoms with Crippen molar-refractivity contribution in [1.82, 2.24) is 9.88 Å². The van der Waals surface area contributed by atoms with Crippen molar-refractivity contribution in [2.24, 2.45) is 0 Å². The van der Waals surface area contributed by atoms with Gasteiger partial charge < -0.3 is 14.4 Å². The van der Waals surface area contributed by atoms with Gasteiger partial charge >= 0.3 is 0 Å². The van der Waals surface area contributed by atoms with Gasteiger partial charge in [0.1, 0.15) is 11.9 Å². The molecule has 2 saturated heterocycles. The van der Waals surface area contributed by atoms with Crippen molar-refractivity contribution in [3.63, 3.8) is 0 Å². The number of hydrogen-bond acceptors (Lipinski definition) is 4. The molecule has 0 N–H and O–H groups in total. The van der Waals surface area contributed by atoms with Crippen LogP contribution in [0, 0.1) is 0 Å². The first-order valence-corrected chi connectivity index (χ1v) is 7.73. The Bertz CT molecular complexity index is 416. The molecule has 0 unspecified atom stereocenters. The Kier molecular flexibility index (Phi) is 4.22. The second-order valence-corrected chi connectivity index (χ2v) is 5.97. The molecule has 4 nitrogen and oxygen atoms in total. The maximum atomic E-state index is 6.12. The van der Waals surface area contributed by atoms with Crippen LogP contribution in [-0.2, 0) is 4.74 Å². The van der Waals surface area contributed by atoms with E-state index < -0.39 is 0 Å². The zero-order valence-corrected chi connectivity index (χ0v) is 12.3. The third-order valence-corrected chi connectivity index (χ3v) is 4.42. The molecular formula is C16H24N2O2. The monoisotopic (exact) mass is 276 g/mol. The summed E-state index contributed by atoms with van der Waals surface area (Å²) in [4.78, 5) is 6.63. The summed E-state index contributed by atoms with van der Waals surface area (Å²) in [7, 11) is 0. The zero-order valence-electron chi connectivity index (χ0n) is 12.3. The molecular weight excluding hydrogens is 252 g/mol. The number of nitrogens with zero attached hydrogens (tertiary/aromatic N) is 2. The first-order valence-electron chi connectivity index (χ1n) is 7.73. The predicted octanol–water partition coefficient (Wildman–Crippen LogP) is 2.49. The lowest BCUT2D eigenvalue weighted by Gasteiger charge is -2.38. The van der Waals surface area contributed by atoms with E-state index in [4.69, 9.17) is 9.47 Å². The molecule has 110 valence electrons. The highest BCUT2D eigenvalue weighted by atomic mass is 16.6. The third-order valence-electron chi connectivity index (χ3n) is 4.42. The summed E-state index contributed by atoms with van der Waals surface area (Å²) in [6, 6.07) is 3.87. The number of pyridine rings is 1. The van der Waals surface area contributed by atoms with Crippen LogP contribution in [0.5, 0.6) is 5.75 Å². The Morgan fingerprint density at radius 1 is 1.45 bits per heavy atom. The average molecular weight is 276 g/mol. The van der Waals surface area contributed by atoms with Crippen LogP contribution in [-0.4, -0.2) is 47.8 Å². The van der Waals surface area contributed by atoms with Crippen molar-refractivity contribution >= 4 is 0 Å². The third kappa shape index (κ3) is 3.13. The van der Waals surface area contributed by atoms with Crippen molar-refractivity contribution in [3.8, 4) is 5.75 Å². The molecule has 1 aromatic rings. The SMILES string of the molecule is CCCN1CCC2(CC1)C[C@@H](Oc1cccnc1)CO2. The molecule has 2 fully saturated rings. The first kappa shape index (κ1) is 13.8. The molecule has 1 spiro atoms. The van der Waals surface area contributed by atoms with Gasteiger partial charge in [0.05, 0.1) is 18.4 Å². The number of likely N-dealkylation sites (tertiary alicyclic amines) is 1. The van der Waals surface area contributed by atoms with Gasteiger partial charge in [0.15, 0.2) is 0 Å². The molecule has 20 heavy (non-hydrogen) atoms. The predicted molar refractivity (Wildman–Crippen MR) is 77.9 cm³/mol. The van der Waals surface area contributed by atoms with Crippen LogP contribution < -0.4 is 4.74 Å². The van der Waals surface area contributed by atoms with Crippen LogP contribution in [0.3, 0.4) is 0 Å². The minimum atomic E-state index is 0.0666. The molecule has 4 heteroatoms.